The Kier molecular flexibility index (Phi) is 3.43. The lowest BCUT2D eigenvalue weighted by Gasteiger charge is -2.12. The summed E-state index contributed by atoms with van der Waals surface area (Å²) in [5, 5.41) is 6.59. The molecule has 0 bridgehead atoms. The first-order valence-electron chi connectivity index (χ1n) is 6.14. The largest absolute Gasteiger partial charge is 0.399 e. The molecule has 0 aliphatic heterocycles. The van der Waals surface area contributed by atoms with Gasteiger partial charge in [0.05, 0.1) is 15.7 Å². The van der Waals surface area contributed by atoms with Crippen LogP contribution in [0.3, 0.4) is 0 Å². The SMILES string of the molecule is Nc1cc(Cl)c(Nc2ccc3ccccc3c2)c(Cl)c1. The number of rotatable bonds is 2. The van der Waals surface area contributed by atoms with Gasteiger partial charge in [-0.05, 0) is 35.0 Å². The summed E-state index contributed by atoms with van der Waals surface area (Å²) in [4.78, 5) is 0. The molecule has 0 saturated heterocycles. The zero-order valence-corrected chi connectivity index (χ0v) is 12.0. The predicted octanol–water partition coefficient (Wildman–Crippen LogP) is 5.47. The van der Waals surface area contributed by atoms with Crippen molar-refractivity contribution in [2.45, 2.75) is 0 Å². The third kappa shape index (κ3) is 2.53. The van der Waals surface area contributed by atoms with Crippen molar-refractivity contribution in [2.24, 2.45) is 0 Å². The van der Waals surface area contributed by atoms with Gasteiger partial charge in [0.25, 0.3) is 0 Å². The summed E-state index contributed by atoms with van der Waals surface area (Å²) in [7, 11) is 0. The minimum absolute atomic E-state index is 0.503. The van der Waals surface area contributed by atoms with E-state index in [1.165, 1.54) is 5.39 Å². The predicted molar refractivity (Wildman–Crippen MR) is 88.1 cm³/mol. The number of hydrogen-bond donors (Lipinski definition) is 2. The van der Waals surface area contributed by atoms with Crippen LogP contribution in [0, 0.1) is 0 Å². The second-order valence-corrected chi connectivity index (χ2v) is 5.36. The van der Waals surface area contributed by atoms with Gasteiger partial charge in [-0.15, -0.1) is 0 Å². The molecule has 0 aromatic heterocycles. The molecule has 4 heteroatoms. The molecule has 3 aromatic carbocycles. The Morgan fingerprint density at radius 2 is 1.45 bits per heavy atom. The van der Waals surface area contributed by atoms with E-state index in [0.717, 1.165) is 11.1 Å². The van der Waals surface area contributed by atoms with Gasteiger partial charge in [0.1, 0.15) is 0 Å². The summed E-state index contributed by atoms with van der Waals surface area (Å²) >= 11 is 12.4. The molecule has 0 aliphatic rings. The molecule has 0 aliphatic carbocycles. The Morgan fingerprint density at radius 3 is 2.15 bits per heavy atom. The molecule has 3 rings (SSSR count). The molecule has 0 atom stereocenters. The number of nitrogens with two attached hydrogens (primary N) is 1. The summed E-state index contributed by atoms with van der Waals surface area (Å²) in [5.41, 5.74) is 7.84. The van der Waals surface area contributed by atoms with Gasteiger partial charge in [-0.2, -0.15) is 0 Å². The molecule has 0 spiro atoms. The lowest BCUT2D eigenvalue weighted by molar-refractivity contribution is 1.56. The van der Waals surface area contributed by atoms with Crippen molar-refractivity contribution in [3.05, 3.63) is 64.6 Å². The van der Waals surface area contributed by atoms with Crippen LogP contribution in [0.1, 0.15) is 0 Å². The van der Waals surface area contributed by atoms with Crippen LogP contribution in [0.25, 0.3) is 10.8 Å². The number of halogens is 2. The topological polar surface area (TPSA) is 38.0 Å². The maximum Gasteiger partial charge on any atom is 0.0764 e. The van der Waals surface area contributed by atoms with Gasteiger partial charge in [-0.3, -0.25) is 0 Å². The maximum atomic E-state index is 6.18. The van der Waals surface area contributed by atoms with E-state index < -0.39 is 0 Å². The zero-order chi connectivity index (χ0) is 14.1. The minimum atomic E-state index is 0.503. The molecule has 0 unspecified atom stereocenters. The van der Waals surface area contributed by atoms with Crippen molar-refractivity contribution >= 4 is 51.0 Å². The Balaban J connectivity index is 2.01. The standard InChI is InChI=1S/C16H12Cl2N2/c17-14-8-12(19)9-15(18)16(14)20-13-6-5-10-3-1-2-4-11(10)7-13/h1-9,20H,19H2. The first kappa shape index (κ1) is 13.1. The van der Waals surface area contributed by atoms with Crippen LogP contribution in [0.15, 0.2) is 54.6 Å². The van der Waals surface area contributed by atoms with Crippen LogP contribution in [0.4, 0.5) is 17.1 Å². The summed E-state index contributed by atoms with van der Waals surface area (Å²) < 4.78 is 0. The van der Waals surface area contributed by atoms with Crippen LogP contribution >= 0.6 is 23.2 Å². The van der Waals surface area contributed by atoms with Crippen molar-refractivity contribution < 1.29 is 0 Å². The Hall–Kier alpha value is -1.90. The van der Waals surface area contributed by atoms with Gasteiger partial charge in [-0.1, -0.05) is 53.5 Å². The molecule has 3 aromatic rings. The van der Waals surface area contributed by atoms with E-state index in [-0.39, 0.29) is 0 Å². The average Bonchev–Trinajstić information content (AvgIpc) is 2.42. The fraction of sp³-hybridized carbons (Fsp3) is 0. The highest BCUT2D eigenvalue weighted by molar-refractivity contribution is 6.39. The first-order valence-corrected chi connectivity index (χ1v) is 6.89. The molecule has 0 radical (unpaired) electrons. The number of anilines is 3. The fourth-order valence-electron chi connectivity index (χ4n) is 2.12. The molecule has 0 fully saturated rings. The highest BCUT2D eigenvalue weighted by Crippen LogP contribution is 2.35. The van der Waals surface area contributed by atoms with Crippen LogP contribution in [-0.4, -0.2) is 0 Å². The van der Waals surface area contributed by atoms with E-state index in [4.69, 9.17) is 28.9 Å². The van der Waals surface area contributed by atoms with Gasteiger partial charge >= 0.3 is 0 Å². The van der Waals surface area contributed by atoms with Gasteiger partial charge in [0.15, 0.2) is 0 Å². The summed E-state index contributed by atoms with van der Waals surface area (Å²) in [6, 6.07) is 17.6. The van der Waals surface area contributed by atoms with Gasteiger partial charge in [-0.25, -0.2) is 0 Å². The van der Waals surface area contributed by atoms with Gasteiger partial charge < -0.3 is 11.1 Å². The first-order chi connectivity index (χ1) is 9.63. The van der Waals surface area contributed by atoms with Gasteiger partial charge in [0.2, 0.25) is 0 Å². The molecule has 2 nitrogen and oxygen atoms in total. The summed E-state index contributed by atoms with van der Waals surface area (Å²) in [5.74, 6) is 0. The monoisotopic (exact) mass is 302 g/mol. The smallest absolute Gasteiger partial charge is 0.0764 e. The van der Waals surface area contributed by atoms with Crippen LogP contribution in [0.2, 0.25) is 10.0 Å². The van der Waals surface area contributed by atoms with Crippen molar-refractivity contribution in [1.29, 1.82) is 0 Å². The summed E-state index contributed by atoms with van der Waals surface area (Å²) in [6.07, 6.45) is 0. The quantitative estimate of drug-likeness (QED) is 0.616. The second-order valence-electron chi connectivity index (χ2n) is 4.55. The third-order valence-electron chi connectivity index (χ3n) is 3.08. The average molecular weight is 303 g/mol. The van der Waals surface area contributed by atoms with Gasteiger partial charge in [0, 0.05) is 11.4 Å². The number of fused-ring (bicyclic) bond motifs is 1. The van der Waals surface area contributed by atoms with Crippen molar-refractivity contribution in [1.82, 2.24) is 0 Å². The molecule has 0 amide bonds. The third-order valence-corrected chi connectivity index (χ3v) is 3.68. The number of nitrogens with one attached hydrogen (secondary N) is 1. The zero-order valence-electron chi connectivity index (χ0n) is 10.5. The van der Waals surface area contributed by atoms with E-state index in [2.05, 4.69) is 29.6 Å². The van der Waals surface area contributed by atoms with Crippen LogP contribution in [0.5, 0.6) is 0 Å². The maximum absolute atomic E-state index is 6.18. The van der Waals surface area contributed by atoms with Crippen molar-refractivity contribution in [3.63, 3.8) is 0 Å². The minimum Gasteiger partial charge on any atom is -0.399 e. The Bertz CT molecular complexity index is 761. The Morgan fingerprint density at radius 1 is 0.800 bits per heavy atom. The number of benzene rings is 3. The molecule has 20 heavy (non-hydrogen) atoms. The van der Waals surface area contributed by atoms with Crippen LogP contribution in [-0.2, 0) is 0 Å². The van der Waals surface area contributed by atoms with Crippen molar-refractivity contribution in [2.75, 3.05) is 11.1 Å². The number of nitrogen functional groups attached to an aromatic ring is 1. The molecular formula is C16H12Cl2N2. The van der Waals surface area contributed by atoms with Crippen molar-refractivity contribution in [3.8, 4) is 0 Å². The van der Waals surface area contributed by atoms with E-state index >= 15 is 0 Å². The van der Waals surface area contributed by atoms with E-state index in [0.29, 0.717) is 21.4 Å². The van der Waals surface area contributed by atoms with E-state index in [1.807, 2.05) is 18.2 Å². The Labute approximate surface area is 127 Å². The number of hydrogen-bond acceptors (Lipinski definition) is 2. The van der Waals surface area contributed by atoms with Crippen LogP contribution < -0.4 is 11.1 Å². The highest BCUT2D eigenvalue weighted by atomic mass is 35.5. The molecular weight excluding hydrogens is 291 g/mol. The second kappa shape index (κ2) is 5.23. The molecule has 0 heterocycles. The molecule has 100 valence electrons. The summed E-state index contributed by atoms with van der Waals surface area (Å²) in [6.45, 7) is 0. The fourth-order valence-corrected chi connectivity index (χ4v) is 2.72. The normalized spacial score (nSPS) is 10.7. The van der Waals surface area contributed by atoms with E-state index in [1.54, 1.807) is 12.1 Å². The lowest BCUT2D eigenvalue weighted by atomic mass is 10.1. The van der Waals surface area contributed by atoms with E-state index in [9.17, 15) is 0 Å². The molecule has 0 saturated carbocycles. The lowest BCUT2D eigenvalue weighted by Crippen LogP contribution is -1.94. The molecule has 3 N–H and O–H groups in total. The highest BCUT2D eigenvalue weighted by Gasteiger charge is 2.08.